The summed E-state index contributed by atoms with van der Waals surface area (Å²) in [6.07, 6.45) is -2.11. The maximum atomic E-state index is 13.1. The van der Waals surface area contributed by atoms with Gasteiger partial charge in [0.1, 0.15) is 12.0 Å². The van der Waals surface area contributed by atoms with Crippen molar-refractivity contribution >= 4 is 22.6 Å². The predicted octanol–water partition coefficient (Wildman–Crippen LogP) is 4.02. The standard InChI is InChI=1S/C17H20F5N5O.CH3.W/c1-26(15-12-6-7-23-14(12)24-10-25-15)27-8-2-3-11(9-27)4-5-13(28)16(18,19)17(20,21)22;;/h6-7,10-11H,2-5,8-9H2,1H3,(H,23,24,25);1H3;/q;-1;. The molecule has 3 heterocycles. The first-order valence-corrected chi connectivity index (χ1v) is 8.85. The number of hydrogen-bond donors (Lipinski definition) is 1. The molecule has 0 bridgehead atoms. The number of hydrogen-bond acceptors (Lipinski definition) is 5. The molecule has 6 nitrogen and oxygen atoms in total. The minimum absolute atomic E-state index is 0. The van der Waals surface area contributed by atoms with Crippen LogP contribution in [0.5, 0.6) is 0 Å². The average molecular weight is 604 g/mol. The Morgan fingerprint density at radius 1 is 1.30 bits per heavy atom. The number of carbonyl (C=O) groups excluding carboxylic acids is 1. The van der Waals surface area contributed by atoms with Crippen molar-refractivity contribution in [3.05, 3.63) is 26.0 Å². The fraction of sp³-hybridized carbons (Fsp3) is 0.556. The van der Waals surface area contributed by atoms with Crippen molar-refractivity contribution in [2.24, 2.45) is 5.92 Å². The Labute approximate surface area is 185 Å². The predicted molar refractivity (Wildman–Crippen MR) is 98.2 cm³/mol. The summed E-state index contributed by atoms with van der Waals surface area (Å²) < 4.78 is 63.1. The number of Topliss-reactive ketones (excluding diaryl/α,β-unsaturated/α-hetero) is 1. The topological polar surface area (TPSA) is 65.1 Å². The summed E-state index contributed by atoms with van der Waals surface area (Å²) in [6, 6.07) is 1.83. The van der Waals surface area contributed by atoms with Crippen molar-refractivity contribution in [3.63, 3.8) is 0 Å². The van der Waals surface area contributed by atoms with Crippen LogP contribution < -0.4 is 5.01 Å². The normalized spacial score (nSPS) is 17.9. The SMILES string of the molecule is CN(c1ncnc2[nH]ccc12)N1CCCC(CCC(=O)C(F)(F)C(F)(F)F)C1.[CH3-].[W]. The number of carbonyl (C=O) groups is 1. The number of ketones is 1. The van der Waals surface area contributed by atoms with Gasteiger partial charge in [-0.2, -0.15) is 22.0 Å². The van der Waals surface area contributed by atoms with Crippen LogP contribution in [0.1, 0.15) is 25.7 Å². The molecule has 1 N–H and O–H groups in total. The molecule has 30 heavy (non-hydrogen) atoms. The summed E-state index contributed by atoms with van der Waals surface area (Å²) >= 11 is 0. The van der Waals surface area contributed by atoms with Crippen LogP contribution in [-0.2, 0) is 25.9 Å². The molecule has 3 rings (SSSR count). The van der Waals surface area contributed by atoms with Crippen LogP contribution in [0.4, 0.5) is 27.8 Å². The van der Waals surface area contributed by atoms with E-state index in [1.807, 2.05) is 16.1 Å². The van der Waals surface area contributed by atoms with Gasteiger partial charge in [-0.1, -0.05) is 0 Å². The van der Waals surface area contributed by atoms with E-state index in [1.165, 1.54) is 6.33 Å². The summed E-state index contributed by atoms with van der Waals surface area (Å²) in [5.41, 5.74) is 0.672. The number of aromatic amines is 1. The van der Waals surface area contributed by atoms with E-state index in [-0.39, 0.29) is 40.8 Å². The number of piperidine rings is 1. The molecule has 0 radical (unpaired) electrons. The number of nitrogens with zero attached hydrogens (tertiary/aromatic N) is 4. The van der Waals surface area contributed by atoms with Crippen LogP contribution in [0.15, 0.2) is 18.6 Å². The Kier molecular flexibility index (Phi) is 8.92. The molecule has 2 aromatic rings. The van der Waals surface area contributed by atoms with Gasteiger partial charge in [-0.25, -0.2) is 15.0 Å². The third-order valence-corrected chi connectivity index (χ3v) is 5.05. The number of alkyl halides is 5. The Morgan fingerprint density at radius 3 is 2.67 bits per heavy atom. The first kappa shape index (κ1) is 26.4. The first-order chi connectivity index (χ1) is 13.1. The van der Waals surface area contributed by atoms with Crippen molar-refractivity contribution in [1.82, 2.24) is 20.0 Å². The van der Waals surface area contributed by atoms with Gasteiger partial charge in [0.05, 0.1) is 5.39 Å². The molecule has 0 amide bonds. The molecule has 1 saturated heterocycles. The van der Waals surface area contributed by atoms with Crippen LogP contribution in [-0.4, -0.2) is 58.0 Å². The van der Waals surface area contributed by atoms with E-state index >= 15 is 0 Å². The van der Waals surface area contributed by atoms with Gasteiger partial charge < -0.3 is 12.4 Å². The minimum atomic E-state index is -5.85. The van der Waals surface area contributed by atoms with Crippen molar-refractivity contribution in [2.75, 3.05) is 25.1 Å². The van der Waals surface area contributed by atoms with Crippen molar-refractivity contribution < 1.29 is 47.8 Å². The van der Waals surface area contributed by atoms with Gasteiger partial charge in [-0.05, 0) is 31.2 Å². The van der Waals surface area contributed by atoms with Gasteiger partial charge in [0.15, 0.2) is 5.82 Å². The second-order valence-electron chi connectivity index (χ2n) is 6.92. The van der Waals surface area contributed by atoms with E-state index in [1.54, 1.807) is 13.2 Å². The summed E-state index contributed by atoms with van der Waals surface area (Å²) in [4.78, 5) is 22.8. The van der Waals surface area contributed by atoms with Gasteiger partial charge in [0, 0.05) is 53.8 Å². The third-order valence-electron chi connectivity index (χ3n) is 5.05. The largest absolute Gasteiger partial charge is 0.461 e. The quantitative estimate of drug-likeness (QED) is 0.399. The maximum Gasteiger partial charge on any atom is 0.461 e. The first-order valence-electron chi connectivity index (χ1n) is 8.85. The molecular weight excluding hydrogens is 581 g/mol. The molecule has 1 fully saturated rings. The van der Waals surface area contributed by atoms with Crippen LogP contribution >= 0.6 is 0 Å². The van der Waals surface area contributed by atoms with E-state index in [2.05, 4.69) is 15.0 Å². The number of rotatable bonds is 6. The van der Waals surface area contributed by atoms with Crippen LogP contribution in [0.3, 0.4) is 0 Å². The van der Waals surface area contributed by atoms with E-state index < -0.39 is 24.3 Å². The summed E-state index contributed by atoms with van der Waals surface area (Å²) in [6.45, 7) is 1.13. The van der Waals surface area contributed by atoms with E-state index in [0.717, 1.165) is 11.8 Å². The van der Waals surface area contributed by atoms with E-state index in [9.17, 15) is 26.7 Å². The smallest absolute Gasteiger partial charge is 0.358 e. The Balaban J connectivity index is 0.00000225. The van der Waals surface area contributed by atoms with Crippen LogP contribution in [0, 0.1) is 13.3 Å². The maximum absolute atomic E-state index is 13.1. The summed E-state index contributed by atoms with van der Waals surface area (Å²) in [5, 5.41) is 4.60. The van der Waals surface area contributed by atoms with Crippen molar-refractivity contribution in [1.29, 1.82) is 0 Å². The molecule has 0 saturated carbocycles. The monoisotopic (exact) mass is 604 g/mol. The Bertz CT molecular complexity index is 844. The van der Waals surface area contributed by atoms with Crippen LogP contribution in [0.2, 0.25) is 0 Å². The second-order valence-corrected chi connectivity index (χ2v) is 6.92. The molecule has 1 aliphatic rings. The number of nitrogens with one attached hydrogen (secondary N) is 1. The molecular formula is C18H23F5N5OW-. The third kappa shape index (κ3) is 5.35. The second kappa shape index (κ2) is 10.1. The number of halogens is 5. The molecule has 1 aliphatic heterocycles. The Morgan fingerprint density at radius 2 is 2.00 bits per heavy atom. The van der Waals surface area contributed by atoms with E-state index in [0.29, 0.717) is 31.0 Å². The zero-order valence-electron chi connectivity index (χ0n) is 16.5. The molecule has 2 aromatic heterocycles. The number of H-pyrrole nitrogens is 1. The summed E-state index contributed by atoms with van der Waals surface area (Å²) in [7, 11) is 1.81. The van der Waals surface area contributed by atoms with Gasteiger partial charge in [-0.3, -0.25) is 9.80 Å². The Hall–Kier alpha value is -1.61. The van der Waals surface area contributed by atoms with Crippen molar-refractivity contribution in [3.8, 4) is 0 Å². The number of fused-ring (bicyclic) bond motifs is 1. The van der Waals surface area contributed by atoms with Gasteiger partial charge in [0.25, 0.3) is 0 Å². The number of anilines is 1. The minimum Gasteiger partial charge on any atom is -0.358 e. The van der Waals surface area contributed by atoms with Crippen molar-refractivity contribution in [2.45, 2.75) is 37.8 Å². The fourth-order valence-electron chi connectivity index (χ4n) is 3.45. The van der Waals surface area contributed by atoms with Gasteiger partial charge in [-0.15, -0.1) is 0 Å². The van der Waals surface area contributed by atoms with Gasteiger partial charge in [0.2, 0.25) is 5.78 Å². The molecule has 0 aromatic carbocycles. The average Bonchev–Trinajstić information content (AvgIpc) is 3.13. The fourth-order valence-corrected chi connectivity index (χ4v) is 3.45. The number of hydrazine groups is 1. The molecule has 0 spiro atoms. The molecule has 12 heteroatoms. The van der Waals surface area contributed by atoms with Gasteiger partial charge >= 0.3 is 12.1 Å². The number of aromatic nitrogens is 3. The molecule has 0 aliphatic carbocycles. The van der Waals surface area contributed by atoms with E-state index in [4.69, 9.17) is 0 Å². The zero-order chi connectivity index (χ0) is 20.5. The van der Waals surface area contributed by atoms with Crippen LogP contribution in [0.25, 0.3) is 11.0 Å². The molecule has 168 valence electrons. The molecule has 1 atom stereocenters. The summed E-state index contributed by atoms with van der Waals surface area (Å²) in [5.74, 6) is -6.87. The zero-order valence-corrected chi connectivity index (χ0v) is 19.5. The molecule has 1 unspecified atom stereocenters.